The monoisotopic (exact) mass is 220 g/mol. The molecule has 0 bridgehead atoms. The highest BCUT2D eigenvalue weighted by Gasteiger charge is 2.17. The molecule has 2 aromatic rings. The number of hydrogen-bond acceptors (Lipinski definition) is 4. The van der Waals surface area contributed by atoms with Crippen molar-refractivity contribution in [3.63, 3.8) is 0 Å². The van der Waals surface area contributed by atoms with Gasteiger partial charge in [-0.15, -0.1) is 0 Å². The van der Waals surface area contributed by atoms with E-state index in [2.05, 4.69) is 19.9 Å². The molecule has 0 aliphatic heterocycles. The number of aromatic nitrogens is 4. The van der Waals surface area contributed by atoms with Gasteiger partial charge in [-0.05, 0) is 12.8 Å². The second-order valence-electron chi connectivity index (χ2n) is 3.83. The first-order chi connectivity index (χ1) is 7.42. The summed E-state index contributed by atoms with van der Waals surface area (Å²) in [4.78, 5) is 15.8. The van der Waals surface area contributed by atoms with Crippen LogP contribution in [-0.2, 0) is 0 Å². The first-order valence-electron chi connectivity index (χ1n) is 5.24. The van der Waals surface area contributed by atoms with Crippen LogP contribution in [0.15, 0.2) is 17.7 Å². The minimum absolute atomic E-state index is 0.735. The first-order valence-corrected chi connectivity index (χ1v) is 6.12. The maximum Gasteiger partial charge on any atom is 0.181 e. The molecular weight excluding hydrogens is 208 g/mol. The van der Waals surface area contributed by atoms with E-state index in [0.29, 0.717) is 0 Å². The van der Waals surface area contributed by atoms with E-state index in [-0.39, 0.29) is 0 Å². The third kappa shape index (κ3) is 1.84. The number of aromatic amines is 1. The Labute approximate surface area is 91.9 Å². The van der Waals surface area contributed by atoms with E-state index in [1.165, 1.54) is 32.0 Å². The lowest BCUT2D eigenvalue weighted by Crippen LogP contribution is -1.93. The lowest BCUT2D eigenvalue weighted by atomic mass is 10.4. The van der Waals surface area contributed by atoms with E-state index < -0.39 is 0 Å². The second-order valence-corrected chi connectivity index (χ2v) is 5.12. The summed E-state index contributed by atoms with van der Waals surface area (Å²) in [7, 11) is 0. The number of nitrogens with zero attached hydrogens (tertiary/aromatic N) is 3. The van der Waals surface area contributed by atoms with Crippen LogP contribution in [0.4, 0.5) is 0 Å². The van der Waals surface area contributed by atoms with Crippen molar-refractivity contribution < 1.29 is 0 Å². The Morgan fingerprint density at radius 3 is 3.00 bits per heavy atom. The van der Waals surface area contributed by atoms with Gasteiger partial charge in [-0.3, -0.25) is 0 Å². The average Bonchev–Trinajstić information content (AvgIpc) is 2.86. The molecule has 0 radical (unpaired) electrons. The number of rotatable bonds is 2. The fourth-order valence-electron chi connectivity index (χ4n) is 1.96. The quantitative estimate of drug-likeness (QED) is 0.844. The van der Waals surface area contributed by atoms with E-state index in [0.717, 1.165) is 21.6 Å². The summed E-state index contributed by atoms with van der Waals surface area (Å²) in [5.74, 6) is 0. The average molecular weight is 220 g/mol. The molecule has 5 heteroatoms. The zero-order valence-corrected chi connectivity index (χ0v) is 9.13. The minimum atomic E-state index is 0.735. The van der Waals surface area contributed by atoms with Gasteiger partial charge in [-0.2, -0.15) is 0 Å². The summed E-state index contributed by atoms with van der Waals surface area (Å²) < 4.78 is 0. The zero-order chi connectivity index (χ0) is 10.1. The smallest absolute Gasteiger partial charge is 0.181 e. The highest BCUT2D eigenvalue weighted by Crippen LogP contribution is 2.33. The molecule has 0 spiro atoms. The lowest BCUT2D eigenvalue weighted by Gasteiger charge is -2.03. The molecule has 1 fully saturated rings. The van der Waals surface area contributed by atoms with Crippen LogP contribution in [0.2, 0.25) is 0 Å². The Morgan fingerprint density at radius 1 is 1.33 bits per heavy atom. The van der Waals surface area contributed by atoms with Crippen LogP contribution in [0.1, 0.15) is 25.7 Å². The standard InChI is InChI=1S/C10H12N4S/c1-2-4-7(3-1)15-10-13-8-5-11-6-12-9(8)14-10/h5-7H,1-4H2,(H,11,12,13,14). The minimum Gasteiger partial charge on any atom is -0.330 e. The first kappa shape index (κ1) is 9.15. The summed E-state index contributed by atoms with van der Waals surface area (Å²) in [5, 5.41) is 1.72. The van der Waals surface area contributed by atoms with Crippen molar-refractivity contribution in [1.29, 1.82) is 0 Å². The fourth-order valence-corrected chi connectivity index (χ4v) is 3.15. The number of fused-ring (bicyclic) bond motifs is 1. The molecule has 0 unspecified atom stereocenters. The van der Waals surface area contributed by atoms with Crippen LogP contribution >= 0.6 is 11.8 Å². The van der Waals surface area contributed by atoms with Gasteiger partial charge in [0, 0.05) is 5.25 Å². The van der Waals surface area contributed by atoms with Crippen molar-refractivity contribution in [3.05, 3.63) is 12.5 Å². The Bertz CT molecular complexity index is 428. The maximum atomic E-state index is 4.43. The van der Waals surface area contributed by atoms with Gasteiger partial charge in [0.05, 0.1) is 6.20 Å². The summed E-state index contributed by atoms with van der Waals surface area (Å²) in [6.45, 7) is 0. The number of thioether (sulfide) groups is 1. The van der Waals surface area contributed by atoms with Gasteiger partial charge in [-0.1, -0.05) is 24.6 Å². The predicted molar refractivity (Wildman–Crippen MR) is 59.8 cm³/mol. The van der Waals surface area contributed by atoms with Gasteiger partial charge >= 0.3 is 0 Å². The normalized spacial score (nSPS) is 17.6. The Balaban J connectivity index is 1.84. The number of imidazole rings is 1. The number of H-pyrrole nitrogens is 1. The summed E-state index contributed by atoms with van der Waals surface area (Å²) >= 11 is 1.84. The van der Waals surface area contributed by atoms with Crippen LogP contribution in [0, 0.1) is 0 Å². The van der Waals surface area contributed by atoms with Gasteiger partial charge in [0.25, 0.3) is 0 Å². The molecule has 4 nitrogen and oxygen atoms in total. The molecule has 15 heavy (non-hydrogen) atoms. The molecule has 0 aromatic carbocycles. The van der Waals surface area contributed by atoms with Crippen molar-refractivity contribution in [1.82, 2.24) is 19.9 Å². The lowest BCUT2D eigenvalue weighted by molar-refractivity contribution is 0.886. The van der Waals surface area contributed by atoms with Crippen molar-refractivity contribution in [2.75, 3.05) is 0 Å². The van der Waals surface area contributed by atoms with E-state index in [1.807, 2.05) is 11.8 Å². The molecule has 0 saturated heterocycles. The number of nitrogens with one attached hydrogen (secondary N) is 1. The topological polar surface area (TPSA) is 54.5 Å². The van der Waals surface area contributed by atoms with E-state index in [9.17, 15) is 0 Å². The highest BCUT2D eigenvalue weighted by atomic mass is 32.2. The van der Waals surface area contributed by atoms with Crippen LogP contribution in [0.3, 0.4) is 0 Å². The van der Waals surface area contributed by atoms with Gasteiger partial charge in [0.2, 0.25) is 0 Å². The van der Waals surface area contributed by atoms with Crippen LogP contribution in [-0.4, -0.2) is 25.2 Å². The van der Waals surface area contributed by atoms with Gasteiger partial charge in [0.15, 0.2) is 10.8 Å². The molecule has 1 aliphatic carbocycles. The molecule has 1 saturated carbocycles. The molecule has 0 atom stereocenters. The van der Waals surface area contributed by atoms with Crippen LogP contribution in [0.5, 0.6) is 0 Å². The molecule has 2 aromatic heterocycles. The molecule has 0 amide bonds. The summed E-state index contributed by atoms with van der Waals surface area (Å²) in [6, 6.07) is 0. The molecule has 1 N–H and O–H groups in total. The van der Waals surface area contributed by atoms with E-state index in [1.54, 1.807) is 6.20 Å². The Hall–Kier alpha value is -1.10. The Kier molecular flexibility index (Phi) is 2.32. The molecule has 1 aliphatic rings. The SMILES string of the molecule is c1ncc2[nH]c(SC3CCCC3)nc2n1. The van der Waals surface area contributed by atoms with Crippen molar-refractivity contribution in [3.8, 4) is 0 Å². The molecular formula is C10H12N4S. The third-order valence-electron chi connectivity index (χ3n) is 2.72. The highest BCUT2D eigenvalue weighted by molar-refractivity contribution is 7.99. The second kappa shape index (κ2) is 3.81. The largest absolute Gasteiger partial charge is 0.330 e. The molecule has 78 valence electrons. The third-order valence-corrected chi connectivity index (χ3v) is 3.94. The predicted octanol–water partition coefficient (Wildman–Crippen LogP) is 2.39. The summed E-state index contributed by atoms with van der Waals surface area (Å²) in [6.07, 6.45) is 8.65. The fraction of sp³-hybridized carbons (Fsp3) is 0.500. The van der Waals surface area contributed by atoms with E-state index in [4.69, 9.17) is 0 Å². The van der Waals surface area contributed by atoms with Gasteiger partial charge < -0.3 is 4.98 Å². The summed E-state index contributed by atoms with van der Waals surface area (Å²) in [5.41, 5.74) is 1.70. The van der Waals surface area contributed by atoms with Crippen molar-refractivity contribution in [2.45, 2.75) is 36.1 Å². The van der Waals surface area contributed by atoms with Crippen LogP contribution < -0.4 is 0 Å². The Morgan fingerprint density at radius 2 is 2.20 bits per heavy atom. The van der Waals surface area contributed by atoms with Crippen LogP contribution in [0.25, 0.3) is 11.2 Å². The maximum absolute atomic E-state index is 4.43. The van der Waals surface area contributed by atoms with Gasteiger partial charge in [-0.25, -0.2) is 15.0 Å². The zero-order valence-electron chi connectivity index (χ0n) is 8.31. The van der Waals surface area contributed by atoms with E-state index >= 15 is 0 Å². The van der Waals surface area contributed by atoms with Crippen molar-refractivity contribution >= 4 is 22.9 Å². The number of hydrogen-bond donors (Lipinski definition) is 1. The van der Waals surface area contributed by atoms with Gasteiger partial charge in [0.1, 0.15) is 11.8 Å². The molecule has 3 rings (SSSR count). The molecule has 2 heterocycles. The van der Waals surface area contributed by atoms with Crippen molar-refractivity contribution in [2.24, 2.45) is 0 Å².